The van der Waals surface area contributed by atoms with Crippen LogP contribution in [-0.2, 0) is 9.47 Å². The molecule has 1 aliphatic rings. The number of ether oxygens (including phenoxy) is 2. The number of hydrogen-bond acceptors (Lipinski definition) is 5. The smallest absolute Gasteiger partial charge is 0.114 e. The summed E-state index contributed by atoms with van der Waals surface area (Å²) in [7, 11) is 0. The molecular formula is C18H34O5. The molecule has 4 atom stereocenters. The van der Waals surface area contributed by atoms with E-state index in [-0.39, 0.29) is 6.61 Å². The SMILES string of the molecule is CCCCC/C=C/CCCCCO[C@H]1CO[C@H]([C@H](O)CO)[C@@H]1O. The Morgan fingerprint density at radius 3 is 2.48 bits per heavy atom. The molecule has 23 heavy (non-hydrogen) atoms. The minimum Gasteiger partial charge on any atom is -0.394 e. The highest BCUT2D eigenvalue weighted by molar-refractivity contribution is 4.88. The second kappa shape index (κ2) is 12.9. The van der Waals surface area contributed by atoms with Gasteiger partial charge in [0.2, 0.25) is 0 Å². The minimum atomic E-state index is -1.05. The summed E-state index contributed by atoms with van der Waals surface area (Å²) in [5.74, 6) is 0. The average Bonchev–Trinajstić information content (AvgIpc) is 2.93. The van der Waals surface area contributed by atoms with Crippen LogP contribution in [0.25, 0.3) is 0 Å². The van der Waals surface area contributed by atoms with E-state index >= 15 is 0 Å². The quantitative estimate of drug-likeness (QED) is 0.356. The lowest BCUT2D eigenvalue weighted by molar-refractivity contribution is -0.0730. The molecule has 0 aliphatic carbocycles. The summed E-state index contributed by atoms with van der Waals surface area (Å²) in [5.41, 5.74) is 0. The van der Waals surface area contributed by atoms with Gasteiger partial charge in [0.1, 0.15) is 24.4 Å². The summed E-state index contributed by atoms with van der Waals surface area (Å²) >= 11 is 0. The Hall–Kier alpha value is -0.460. The molecule has 0 radical (unpaired) electrons. The predicted molar refractivity (Wildman–Crippen MR) is 90.3 cm³/mol. The molecule has 0 aromatic carbocycles. The lowest BCUT2D eigenvalue weighted by Crippen LogP contribution is -2.41. The number of aliphatic hydroxyl groups is 3. The first-order valence-electron chi connectivity index (χ1n) is 9.05. The van der Waals surface area contributed by atoms with Crippen LogP contribution in [0.5, 0.6) is 0 Å². The van der Waals surface area contributed by atoms with Gasteiger partial charge in [-0.05, 0) is 32.1 Å². The molecule has 0 saturated carbocycles. The van der Waals surface area contributed by atoms with E-state index in [4.69, 9.17) is 14.6 Å². The van der Waals surface area contributed by atoms with Crippen LogP contribution in [-0.4, -0.2) is 59.6 Å². The van der Waals surface area contributed by atoms with E-state index in [9.17, 15) is 10.2 Å². The first-order chi connectivity index (χ1) is 11.2. The van der Waals surface area contributed by atoms with Crippen LogP contribution in [0, 0.1) is 0 Å². The van der Waals surface area contributed by atoms with Gasteiger partial charge in [-0.1, -0.05) is 38.3 Å². The molecule has 136 valence electrons. The summed E-state index contributed by atoms with van der Waals surface area (Å²) in [6, 6.07) is 0. The molecule has 1 rings (SSSR count). The molecule has 0 bridgehead atoms. The van der Waals surface area contributed by atoms with Gasteiger partial charge in [-0.15, -0.1) is 0 Å². The summed E-state index contributed by atoms with van der Waals surface area (Å²) in [4.78, 5) is 0. The molecule has 1 heterocycles. The van der Waals surface area contributed by atoms with Crippen molar-refractivity contribution in [2.45, 2.75) is 82.7 Å². The highest BCUT2D eigenvalue weighted by Gasteiger charge is 2.40. The van der Waals surface area contributed by atoms with Crippen LogP contribution in [0.1, 0.15) is 58.3 Å². The third kappa shape index (κ3) is 8.27. The van der Waals surface area contributed by atoms with Gasteiger partial charge in [0.15, 0.2) is 0 Å². The zero-order valence-corrected chi connectivity index (χ0v) is 14.4. The number of hydrogen-bond donors (Lipinski definition) is 3. The molecule has 0 aromatic rings. The van der Waals surface area contributed by atoms with Gasteiger partial charge in [-0.3, -0.25) is 0 Å². The summed E-state index contributed by atoms with van der Waals surface area (Å²) in [5, 5.41) is 28.4. The van der Waals surface area contributed by atoms with Crippen molar-refractivity contribution in [3.8, 4) is 0 Å². The Bertz CT molecular complexity index is 308. The third-order valence-electron chi connectivity index (χ3n) is 4.22. The van der Waals surface area contributed by atoms with Crippen molar-refractivity contribution in [3.05, 3.63) is 12.2 Å². The molecule has 0 unspecified atom stereocenters. The van der Waals surface area contributed by atoms with E-state index < -0.39 is 31.0 Å². The standard InChI is InChI=1S/C18H34O5/c1-2-3-4-5-6-7-8-9-10-11-12-22-16-14-23-18(17(16)21)15(20)13-19/h6-7,15-21H,2-5,8-14H2,1H3/b7-6+/t15-,16+,17-,18-/m1/s1. The van der Waals surface area contributed by atoms with Crippen molar-refractivity contribution in [2.75, 3.05) is 19.8 Å². The predicted octanol–water partition coefficient (Wildman–Crippen LogP) is 2.18. The monoisotopic (exact) mass is 330 g/mol. The average molecular weight is 330 g/mol. The Balaban J connectivity index is 1.97. The molecule has 3 N–H and O–H groups in total. The summed E-state index contributed by atoms with van der Waals surface area (Å²) in [6.07, 6.45) is 10.9. The maximum atomic E-state index is 9.98. The van der Waals surface area contributed by atoms with Gasteiger partial charge in [0.25, 0.3) is 0 Å². The van der Waals surface area contributed by atoms with Crippen LogP contribution in [0.15, 0.2) is 12.2 Å². The van der Waals surface area contributed by atoms with Crippen molar-refractivity contribution in [3.63, 3.8) is 0 Å². The number of allylic oxidation sites excluding steroid dienone is 2. The molecular weight excluding hydrogens is 296 g/mol. The topological polar surface area (TPSA) is 79.2 Å². The van der Waals surface area contributed by atoms with Gasteiger partial charge in [0.05, 0.1) is 13.2 Å². The van der Waals surface area contributed by atoms with Crippen molar-refractivity contribution < 1.29 is 24.8 Å². The zero-order chi connectivity index (χ0) is 16.9. The van der Waals surface area contributed by atoms with E-state index in [1.165, 1.54) is 25.7 Å². The van der Waals surface area contributed by atoms with Gasteiger partial charge in [-0.2, -0.15) is 0 Å². The van der Waals surface area contributed by atoms with Gasteiger partial charge in [-0.25, -0.2) is 0 Å². The molecule has 1 aliphatic heterocycles. The summed E-state index contributed by atoms with van der Waals surface area (Å²) in [6.45, 7) is 2.66. The zero-order valence-electron chi connectivity index (χ0n) is 14.4. The van der Waals surface area contributed by atoms with E-state index in [0.717, 1.165) is 25.7 Å². The van der Waals surface area contributed by atoms with Crippen molar-refractivity contribution >= 4 is 0 Å². The Labute approximate surface area is 140 Å². The maximum absolute atomic E-state index is 9.98. The molecule has 0 spiro atoms. The molecule has 1 fully saturated rings. The molecule has 1 saturated heterocycles. The maximum Gasteiger partial charge on any atom is 0.114 e. The molecule has 0 amide bonds. The van der Waals surface area contributed by atoms with Crippen molar-refractivity contribution in [1.29, 1.82) is 0 Å². The van der Waals surface area contributed by atoms with Crippen LogP contribution < -0.4 is 0 Å². The van der Waals surface area contributed by atoms with E-state index in [1.54, 1.807) is 0 Å². The molecule has 5 heteroatoms. The van der Waals surface area contributed by atoms with Gasteiger partial charge >= 0.3 is 0 Å². The van der Waals surface area contributed by atoms with Crippen LogP contribution in [0.3, 0.4) is 0 Å². The second-order valence-corrected chi connectivity index (χ2v) is 6.26. The van der Waals surface area contributed by atoms with Gasteiger partial charge in [0, 0.05) is 6.61 Å². The Morgan fingerprint density at radius 1 is 1.13 bits per heavy atom. The first kappa shape index (κ1) is 20.6. The number of rotatable bonds is 13. The summed E-state index contributed by atoms with van der Waals surface area (Å²) < 4.78 is 10.9. The second-order valence-electron chi connectivity index (χ2n) is 6.26. The normalized spacial score (nSPS) is 26.2. The van der Waals surface area contributed by atoms with Crippen LogP contribution in [0.4, 0.5) is 0 Å². The fourth-order valence-electron chi connectivity index (χ4n) is 2.73. The highest BCUT2D eigenvalue weighted by atomic mass is 16.6. The Morgan fingerprint density at radius 2 is 1.83 bits per heavy atom. The lowest BCUT2D eigenvalue weighted by Gasteiger charge is -2.20. The van der Waals surface area contributed by atoms with E-state index in [2.05, 4.69) is 19.1 Å². The number of unbranched alkanes of at least 4 members (excludes halogenated alkanes) is 6. The molecule has 5 nitrogen and oxygen atoms in total. The van der Waals surface area contributed by atoms with Crippen molar-refractivity contribution in [1.82, 2.24) is 0 Å². The highest BCUT2D eigenvalue weighted by Crippen LogP contribution is 2.20. The lowest BCUT2D eigenvalue weighted by atomic mass is 10.1. The Kier molecular flexibility index (Phi) is 11.5. The fraction of sp³-hybridized carbons (Fsp3) is 0.889. The largest absolute Gasteiger partial charge is 0.394 e. The van der Waals surface area contributed by atoms with E-state index in [1.807, 2.05) is 0 Å². The van der Waals surface area contributed by atoms with Crippen LogP contribution >= 0.6 is 0 Å². The number of aliphatic hydroxyl groups excluding tert-OH is 3. The molecule has 0 aromatic heterocycles. The van der Waals surface area contributed by atoms with Gasteiger partial charge < -0.3 is 24.8 Å². The fourth-order valence-corrected chi connectivity index (χ4v) is 2.73. The third-order valence-corrected chi connectivity index (χ3v) is 4.22. The van der Waals surface area contributed by atoms with Crippen LogP contribution in [0.2, 0.25) is 0 Å². The van der Waals surface area contributed by atoms with Crippen molar-refractivity contribution in [2.24, 2.45) is 0 Å². The van der Waals surface area contributed by atoms with E-state index in [0.29, 0.717) is 6.61 Å². The minimum absolute atomic E-state index is 0.267. The first-order valence-corrected chi connectivity index (χ1v) is 9.05.